The molecule has 2 atom stereocenters. The highest BCUT2D eigenvalue weighted by Gasteiger charge is 2.07. The summed E-state index contributed by atoms with van der Waals surface area (Å²) in [5.74, 6) is 0.752. The maximum absolute atomic E-state index is 9.68. The van der Waals surface area contributed by atoms with Gasteiger partial charge in [0.05, 0.1) is 6.10 Å². The third-order valence-corrected chi connectivity index (χ3v) is 2.57. The standard InChI is InChI=1S/C14H23NO3/c1-2-6-12(16)9-15-10-13(17)11-18-14-7-4-3-5-8-14/h3-5,7-8,12-13,15-17H,2,6,9-11H2,1H3. The van der Waals surface area contributed by atoms with E-state index < -0.39 is 6.10 Å². The number of hydrogen-bond acceptors (Lipinski definition) is 4. The first-order chi connectivity index (χ1) is 8.72. The summed E-state index contributed by atoms with van der Waals surface area (Å²) in [6.45, 7) is 3.22. The number of aliphatic hydroxyl groups excluding tert-OH is 2. The molecule has 0 saturated carbocycles. The highest BCUT2D eigenvalue weighted by molar-refractivity contribution is 5.20. The van der Waals surface area contributed by atoms with Gasteiger partial charge >= 0.3 is 0 Å². The molecule has 0 saturated heterocycles. The van der Waals surface area contributed by atoms with Gasteiger partial charge in [0.1, 0.15) is 18.5 Å². The summed E-state index contributed by atoms with van der Waals surface area (Å²) in [4.78, 5) is 0. The van der Waals surface area contributed by atoms with E-state index in [0.29, 0.717) is 13.1 Å². The Morgan fingerprint density at radius 1 is 1.11 bits per heavy atom. The van der Waals surface area contributed by atoms with Crippen LogP contribution in [0.2, 0.25) is 0 Å². The first-order valence-corrected chi connectivity index (χ1v) is 6.47. The van der Waals surface area contributed by atoms with Gasteiger partial charge < -0.3 is 20.3 Å². The van der Waals surface area contributed by atoms with E-state index in [4.69, 9.17) is 4.74 Å². The maximum Gasteiger partial charge on any atom is 0.119 e. The quantitative estimate of drug-likeness (QED) is 0.618. The number of aliphatic hydroxyl groups is 2. The lowest BCUT2D eigenvalue weighted by molar-refractivity contribution is 0.0984. The van der Waals surface area contributed by atoms with Crippen molar-refractivity contribution in [3.8, 4) is 5.75 Å². The van der Waals surface area contributed by atoms with Gasteiger partial charge in [0.2, 0.25) is 0 Å². The second-order valence-corrected chi connectivity index (χ2v) is 4.38. The lowest BCUT2D eigenvalue weighted by atomic mass is 10.2. The summed E-state index contributed by atoms with van der Waals surface area (Å²) in [6.07, 6.45) is 0.836. The number of benzene rings is 1. The molecule has 0 amide bonds. The molecule has 102 valence electrons. The SMILES string of the molecule is CCCC(O)CNCC(O)COc1ccccc1. The average Bonchev–Trinajstić information content (AvgIpc) is 2.38. The van der Waals surface area contributed by atoms with E-state index in [2.05, 4.69) is 5.32 Å². The molecule has 0 aliphatic carbocycles. The van der Waals surface area contributed by atoms with Crippen LogP contribution in [0.15, 0.2) is 30.3 Å². The summed E-state index contributed by atoms with van der Waals surface area (Å²) in [5.41, 5.74) is 0. The third kappa shape index (κ3) is 6.59. The fourth-order valence-electron chi connectivity index (χ4n) is 1.62. The van der Waals surface area contributed by atoms with Gasteiger partial charge in [-0.3, -0.25) is 0 Å². The molecule has 0 aliphatic heterocycles. The molecule has 4 heteroatoms. The van der Waals surface area contributed by atoms with Crippen LogP contribution in [0.4, 0.5) is 0 Å². The van der Waals surface area contributed by atoms with Crippen LogP contribution in [0, 0.1) is 0 Å². The zero-order valence-corrected chi connectivity index (χ0v) is 10.9. The van der Waals surface area contributed by atoms with Crippen molar-refractivity contribution < 1.29 is 14.9 Å². The lowest BCUT2D eigenvalue weighted by Crippen LogP contribution is -2.35. The molecule has 1 aromatic carbocycles. The molecular formula is C14H23NO3. The molecule has 4 nitrogen and oxygen atoms in total. The van der Waals surface area contributed by atoms with E-state index in [1.807, 2.05) is 37.3 Å². The van der Waals surface area contributed by atoms with Crippen molar-refractivity contribution in [2.24, 2.45) is 0 Å². The Balaban J connectivity index is 2.09. The Kier molecular flexibility index (Phi) is 7.41. The smallest absolute Gasteiger partial charge is 0.119 e. The number of nitrogens with one attached hydrogen (secondary N) is 1. The van der Waals surface area contributed by atoms with Gasteiger partial charge in [-0.25, -0.2) is 0 Å². The Morgan fingerprint density at radius 2 is 1.78 bits per heavy atom. The summed E-state index contributed by atoms with van der Waals surface area (Å²) < 4.78 is 5.42. The Bertz CT molecular complexity index is 305. The van der Waals surface area contributed by atoms with E-state index in [-0.39, 0.29) is 12.7 Å². The summed E-state index contributed by atoms with van der Waals surface area (Å²) in [7, 11) is 0. The highest BCUT2D eigenvalue weighted by atomic mass is 16.5. The van der Waals surface area contributed by atoms with E-state index in [1.165, 1.54) is 0 Å². The van der Waals surface area contributed by atoms with E-state index in [1.54, 1.807) is 0 Å². The number of hydrogen-bond donors (Lipinski definition) is 3. The first-order valence-electron chi connectivity index (χ1n) is 6.47. The van der Waals surface area contributed by atoms with Gasteiger partial charge in [-0.1, -0.05) is 31.5 Å². The van der Waals surface area contributed by atoms with E-state index in [0.717, 1.165) is 18.6 Å². The Hall–Kier alpha value is -1.10. The fourth-order valence-corrected chi connectivity index (χ4v) is 1.62. The number of ether oxygens (including phenoxy) is 1. The molecule has 18 heavy (non-hydrogen) atoms. The minimum atomic E-state index is -0.570. The predicted molar refractivity (Wildman–Crippen MR) is 71.7 cm³/mol. The van der Waals surface area contributed by atoms with E-state index >= 15 is 0 Å². The van der Waals surface area contributed by atoms with Crippen molar-refractivity contribution in [2.45, 2.75) is 32.0 Å². The third-order valence-electron chi connectivity index (χ3n) is 2.57. The minimum Gasteiger partial charge on any atom is -0.491 e. The molecule has 2 unspecified atom stereocenters. The largest absolute Gasteiger partial charge is 0.491 e. The molecule has 1 aromatic rings. The van der Waals surface area contributed by atoms with Crippen molar-refractivity contribution in [2.75, 3.05) is 19.7 Å². The molecular weight excluding hydrogens is 230 g/mol. The first kappa shape index (κ1) is 15.0. The summed E-state index contributed by atoms with van der Waals surface area (Å²) in [5, 5.41) is 22.2. The zero-order chi connectivity index (χ0) is 13.2. The fraction of sp³-hybridized carbons (Fsp3) is 0.571. The van der Waals surface area contributed by atoms with Gasteiger partial charge in [-0.05, 0) is 18.6 Å². The second-order valence-electron chi connectivity index (χ2n) is 4.38. The van der Waals surface area contributed by atoms with Gasteiger partial charge in [0.25, 0.3) is 0 Å². The molecule has 0 bridgehead atoms. The second kappa shape index (κ2) is 8.91. The van der Waals surface area contributed by atoms with Crippen LogP contribution in [-0.2, 0) is 0 Å². The van der Waals surface area contributed by atoms with E-state index in [9.17, 15) is 10.2 Å². The topological polar surface area (TPSA) is 61.7 Å². The molecule has 0 radical (unpaired) electrons. The molecule has 0 spiro atoms. The molecule has 0 aliphatic rings. The highest BCUT2D eigenvalue weighted by Crippen LogP contribution is 2.08. The average molecular weight is 253 g/mol. The van der Waals surface area contributed by atoms with Crippen LogP contribution in [0.3, 0.4) is 0 Å². The molecule has 0 heterocycles. The molecule has 3 N–H and O–H groups in total. The molecule has 0 fully saturated rings. The van der Waals surface area contributed by atoms with Crippen molar-refractivity contribution in [1.29, 1.82) is 0 Å². The Labute approximate surface area is 109 Å². The normalized spacial score (nSPS) is 14.2. The predicted octanol–water partition coefficient (Wildman–Crippen LogP) is 1.18. The number of rotatable bonds is 9. The monoisotopic (exact) mass is 253 g/mol. The molecule has 0 aromatic heterocycles. The van der Waals surface area contributed by atoms with Crippen LogP contribution in [0.1, 0.15) is 19.8 Å². The maximum atomic E-state index is 9.68. The summed E-state index contributed by atoms with van der Waals surface area (Å²) >= 11 is 0. The van der Waals surface area contributed by atoms with Gasteiger partial charge in [0.15, 0.2) is 0 Å². The van der Waals surface area contributed by atoms with Crippen LogP contribution in [0.25, 0.3) is 0 Å². The molecule has 1 rings (SSSR count). The van der Waals surface area contributed by atoms with Crippen LogP contribution >= 0.6 is 0 Å². The Morgan fingerprint density at radius 3 is 2.44 bits per heavy atom. The van der Waals surface area contributed by atoms with Gasteiger partial charge in [0, 0.05) is 13.1 Å². The van der Waals surface area contributed by atoms with Crippen molar-refractivity contribution >= 4 is 0 Å². The van der Waals surface area contributed by atoms with Crippen LogP contribution in [0.5, 0.6) is 5.75 Å². The lowest BCUT2D eigenvalue weighted by Gasteiger charge is -2.15. The number of para-hydroxylation sites is 1. The van der Waals surface area contributed by atoms with Crippen LogP contribution < -0.4 is 10.1 Å². The van der Waals surface area contributed by atoms with Gasteiger partial charge in [-0.2, -0.15) is 0 Å². The van der Waals surface area contributed by atoms with Crippen molar-refractivity contribution in [1.82, 2.24) is 5.32 Å². The van der Waals surface area contributed by atoms with Crippen molar-refractivity contribution in [3.63, 3.8) is 0 Å². The van der Waals surface area contributed by atoms with Crippen LogP contribution in [-0.4, -0.2) is 42.1 Å². The summed E-state index contributed by atoms with van der Waals surface area (Å²) in [6, 6.07) is 9.40. The van der Waals surface area contributed by atoms with Crippen molar-refractivity contribution in [3.05, 3.63) is 30.3 Å². The zero-order valence-electron chi connectivity index (χ0n) is 10.9. The van der Waals surface area contributed by atoms with Gasteiger partial charge in [-0.15, -0.1) is 0 Å². The minimum absolute atomic E-state index is 0.251.